The number of amides is 2. The van der Waals surface area contributed by atoms with Gasteiger partial charge in [-0.1, -0.05) is 50.2 Å². The molecule has 0 bridgehead atoms. The Morgan fingerprint density at radius 1 is 0.906 bits per heavy atom. The van der Waals surface area contributed by atoms with Crippen LogP contribution in [0.25, 0.3) is 10.9 Å². The van der Waals surface area contributed by atoms with Gasteiger partial charge >= 0.3 is 0 Å². The number of para-hydroxylation sites is 1. The zero-order valence-corrected chi connectivity index (χ0v) is 19.3. The molecule has 5 heteroatoms. The fourth-order valence-electron chi connectivity index (χ4n) is 5.98. The van der Waals surface area contributed by atoms with E-state index in [0.29, 0.717) is 17.4 Å². The lowest BCUT2D eigenvalue weighted by Crippen LogP contribution is -2.50. The normalized spacial score (nSPS) is 25.8. The number of aryl methyl sites for hydroxylation is 1. The van der Waals surface area contributed by atoms with Gasteiger partial charge in [-0.2, -0.15) is 0 Å². The van der Waals surface area contributed by atoms with E-state index < -0.39 is 5.92 Å². The number of nitrogens with zero attached hydrogens (tertiary/aromatic N) is 3. The molecule has 1 aromatic heterocycles. The SMILES string of the molecule is CC1CC(C)CN(C(=O)C2c3ccccc3C(=O)N(C)C2c2cn(C)c3ccccc23)C1. The number of likely N-dealkylation sites (tertiary alicyclic amines) is 1. The van der Waals surface area contributed by atoms with Gasteiger partial charge in [-0.25, -0.2) is 0 Å². The molecule has 1 fully saturated rings. The van der Waals surface area contributed by atoms with Gasteiger partial charge in [-0.3, -0.25) is 9.59 Å². The van der Waals surface area contributed by atoms with E-state index in [0.717, 1.165) is 41.5 Å². The highest BCUT2D eigenvalue weighted by Gasteiger charge is 2.45. The Morgan fingerprint density at radius 3 is 2.31 bits per heavy atom. The molecule has 3 aromatic rings. The van der Waals surface area contributed by atoms with E-state index in [4.69, 9.17) is 0 Å². The molecule has 0 aliphatic carbocycles. The van der Waals surface area contributed by atoms with Crippen LogP contribution in [0.2, 0.25) is 0 Å². The summed E-state index contributed by atoms with van der Waals surface area (Å²) >= 11 is 0. The van der Waals surface area contributed by atoms with E-state index in [2.05, 4.69) is 36.7 Å². The first-order valence-electron chi connectivity index (χ1n) is 11.6. The average Bonchev–Trinajstić information content (AvgIpc) is 3.11. The minimum atomic E-state index is -0.419. The highest BCUT2D eigenvalue weighted by Crippen LogP contribution is 2.45. The molecule has 2 aliphatic heterocycles. The number of hydrogen-bond donors (Lipinski definition) is 0. The smallest absolute Gasteiger partial charge is 0.254 e. The molecule has 0 radical (unpaired) electrons. The number of piperidine rings is 1. The van der Waals surface area contributed by atoms with Crippen molar-refractivity contribution in [2.75, 3.05) is 20.1 Å². The summed E-state index contributed by atoms with van der Waals surface area (Å²) in [6, 6.07) is 15.5. The van der Waals surface area contributed by atoms with Gasteiger partial charge in [0.05, 0.1) is 12.0 Å². The van der Waals surface area contributed by atoms with Crippen LogP contribution in [0.1, 0.15) is 53.7 Å². The van der Waals surface area contributed by atoms with Crippen molar-refractivity contribution in [3.63, 3.8) is 0 Å². The molecule has 2 amide bonds. The summed E-state index contributed by atoms with van der Waals surface area (Å²) in [5.41, 5.74) is 3.63. The maximum atomic E-state index is 14.2. The predicted molar refractivity (Wildman–Crippen MR) is 126 cm³/mol. The second-order valence-electron chi connectivity index (χ2n) is 9.83. The number of benzene rings is 2. The van der Waals surface area contributed by atoms with Crippen LogP contribution in [0, 0.1) is 11.8 Å². The fraction of sp³-hybridized carbons (Fsp3) is 0.407. The van der Waals surface area contributed by atoms with Crippen LogP contribution < -0.4 is 0 Å². The lowest BCUT2D eigenvalue weighted by atomic mass is 9.78. The van der Waals surface area contributed by atoms with E-state index in [-0.39, 0.29) is 17.9 Å². The Labute approximate surface area is 189 Å². The Hall–Kier alpha value is -3.08. The zero-order valence-electron chi connectivity index (χ0n) is 19.3. The van der Waals surface area contributed by atoms with Gasteiger partial charge in [-0.15, -0.1) is 0 Å². The number of aromatic nitrogens is 1. The Morgan fingerprint density at radius 2 is 1.56 bits per heavy atom. The Kier molecular flexibility index (Phi) is 5.07. The van der Waals surface area contributed by atoms with Crippen molar-refractivity contribution in [2.24, 2.45) is 18.9 Å². The quantitative estimate of drug-likeness (QED) is 0.598. The number of fused-ring (bicyclic) bond motifs is 2. The van der Waals surface area contributed by atoms with E-state index in [1.807, 2.05) is 55.4 Å². The predicted octanol–water partition coefficient (Wildman–Crippen LogP) is 4.59. The molecule has 4 unspecified atom stereocenters. The van der Waals surface area contributed by atoms with Crippen LogP contribution in [0.3, 0.4) is 0 Å². The largest absolute Gasteiger partial charge is 0.350 e. The minimum Gasteiger partial charge on any atom is -0.350 e. The van der Waals surface area contributed by atoms with Crippen LogP contribution in [0.15, 0.2) is 54.7 Å². The van der Waals surface area contributed by atoms with Crippen molar-refractivity contribution in [3.05, 3.63) is 71.4 Å². The molecule has 1 saturated heterocycles. The third-order valence-corrected chi connectivity index (χ3v) is 7.27. The van der Waals surface area contributed by atoms with E-state index >= 15 is 0 Å². The summed E-state index contributed by atoms with van der Waals surface area (Å²) in [5, 5.41) is 1.09. The number of likely N-dealkylation sites (N-methyl/N-ethyl adjacent to an activating group) is 1. The minimum absolute atomic E-state index is 0.0250. The molecule has 166 valence electrons. The second-order valence-corrected chi connectivity index (χ2v) is 9.83. The summed E-state index contributed by atoms with van der Waals surface area (Å²) in [4.78, 5) is 31.4. The summed E-state index contributed by atoms with van der Waals surface area (Å²) in [5.74, 6) is 0.655. The van der Waals surface area contributed by atoms with Crippen LogP contribution >= 0.6 is 0 Å². The maximum absolute atomic E-state index is 14.2. The first-order valence-corrected chi connectivity index (χ1v) is 11.6. The van der Waals surface area contributed by atoms with Gasteiger partial charge in [0.25, 0.3) is 5.91 Å². The monoisotopic (exact) mass is 429 g/mol. The van der Waals surface area contributed by atoms with Gasteiger partial charge < -0.3 is 14.4 Å². The number of hydrogen-bond acceptors (Lipinski definition) is 2. The van der Waals surface area contributed by atoms with Crippen molar-refractivity contribution < 1.29 is 9.59 Å². The molecule has 0 spiro atoms. The first-order chi connectivity index (χ1) is 15.4. The molecule has 5 nitrogen and oxygen atoms in total. The highest BCUT2D eigenvalue weighted by molar-refractivity contribution is 6.02. The van der Waals surface area contributed by atoms with Gasteiger partial charge in [0.2, 0.25) is 5.91 Å². The highest BCUT2D eigenvalue weighted by atomic mass is 16.2. The molecule has 5 rings (SSSR count). The molecule has 0 saturated carbocycles. The van der Waals surface area contributed by atoms with Crippen molar-refractivity contribution in [1.82, 2.24) is 14.4 Å². The summed E-state index contributed by atoms with van der Waals surface area (Å²) in [6.45, 7) is 6.01. The van der Waals surface area contributed by atoms with Crippen molar-refractivity contribution in [1.29, 1.82) is 0 Å². The molecular formula is C27H31N3O2. The molecule has 0 N–H and O–H groups in total. The topological polar surface area (TPSA) is 45.6 Å². The van der Waals surface area contributed by atoms with Crippen LogP contribution in [0.5, 0.6) is 0 Å². The van der Waals surface area contributed by atoms with E-state index in [1.54, 1.807) is 4.90 Å². The molecule has 4 atom stereocenters. The molecule has 32 heavy (non-hydrogen) atoms. The summed E-state index contributed by atoms with van der Waals surface area (Å²) in [7, 11) is 3.86. The van der Waals surface area contributed by atoms with Gasteiger partial charge in [0.1, 0.15) is 0 Å². The van der Waals surface area contributed by atoms with Gasteiger partial charge in [0.15, 0.2) is 0 Å². The molecule has 3 heterocycles. The number of carbonyl (C=O) groups excluding carboxylic acids is 2. The van der Waals surface area contributed by atoms with Crippen molar-refractivity contribution in [2.45, 2.75) is 32.2 Å². The fourth-order valence-corrected chi connectivity index (χ4v) is 5.98. The third-order valence-electron chi connectivity index (χ3n) is 7.27. The lowest BCUT2D eigenvalue weighted by molar-refractivity contribution is -0.137. The van der Waals surface area contributed by atoms with E-state index in [9.17, 15) is 9.59 Å². The van der Waals surface area contributed by atoms with Crippen molar-refractivity contribution >= 4 is 22.7 Å². The zero-order chi connectivity index (χ0) is 22.6. The van der Waals surface area contributed by atoms with Crippen molar-refractivity contribution in [3.8, 4) is 0 Å². The second kappa shape index (κ2) is 7.80. The third kappa shape index (κ3) is 3.22. The first kappa shape index (κ1) is 20.8. The standard InChI is InChI=1S/C27H31N3O2/c1-17-13-18(2)15-30(14-17)27(32)24-20-10-5-6-11-21(20)26(31)29(4)25(24)22-16-28(3)23-12-8-7-9-19(22)23/h5-12,16-18,24-25H,13-15H2,1-4H3. The van der Waals surface area contributed by atoms with Gasteiger partial charge in [-0.05, 0) is 36.0 Å². The number of carbonyl (C=O) groups is 2. The Balaban J connectivity index is 1.68. The number of rotatable bonds is 2. The summed E-state index contributed by atoms with van der Waals surface area (Å²) in [6.07, 6.45) is 3.24. The molecular weight excluding hydrogens is 398 g/mol. The maximum Gasteiger partial charge on any atom is 0.254 e. The van der Waals surface area contributed by atoms with Gasteiger partial charge in [0, 0.05) is 55.4 Å². The van der Waals surface area contributed by atoms with Crippen LogP contribution in [-0.2, 0) is 11.8 Å². The summed E-state index contributed by atoms with van der Waals surface area (Å²) < 4.78 is 2.09. The lowest BCUT2D eigenvalue weighted by Gasteiger charge is -2.43. The molecule has 2 aliphatic rings. The van der Waals surface area contributed by atoms with E-state index in [1.165, 1.54) is 0 Å². The van der Waals surface area contributed by atoms with Crippen LogP contribution in [0.4, 0.5) is 0 Å². The average molecular weight is 430 g/mol. The van der Waals surface area contributed by atoms with Crippen LogP contribution in [-0.4, -0.2) is 46.3 Å². The Bertz CT molecular complexity index is 1190. The molecule has 2 aromatic carbocycles.